The van der Waals surface area contributed by atoms with Crippen LogP contribution in [0.15, 0.2) is 45.1 Å². The minimum Gasteiger partial charge on any atom is -0.344 e. The number of hydrogen-bond acceptors (Lipinski definition) is 6. The fourth-order valence-corrected chi connectivity index (χ4v) is 4.47. The highest BCUT2D eigenvalue weighted by Crippen LogP contribution is 2.47. The van der Waals surface area contributed by atoms with Crippen LogP contribution < -0.4 is 16.6 Å². The maximum Gasteiger partial charge on any atom is 0.332 e. The van der Waals surface area contributed by atoms with Gasteiger partial charge in [0, 0.05) is 49.8 Å². The molecule has 0 fully saturated rings. The lowest BCUT2D eigenvalue weighted by atomic mass is 9.69. The minimum absolute atomic E-state index is 0.0707. The number of nitrogens with zero attached hydrogens (tertiary/aromatic N) is 3. The van der Waals surface area contributed by atoms with Crippen molar-refractivity contribution in [2.75, 3.05) is 5.32 Å². The monoisotopic (exact) mass is 410 g/mol. The Kier molecular flexibility index (Phi) is 4.30. The van der Waals surface area contributed by atoms with Gasteiger partial charge in [-0.2, -0.15) is 0 Å². The second kappa shape index (κ2) is 6.51. The van der Waals surface area contributed by atoms with Crippen LogP contribution in [-0.4, -0.2) is 19.8 Å². The number of hydrogen-bond donors (Lipinski definition) is 1. The molecule has 0 spiro atoms. The van der Waals surface area contributed by atoms with Gasteiger partial charge in [0.15, 0.2) is 5.78 Å². The molecule has 1 aliphatic carbocycles. The van der Waals surface area contributed by atoms with Gasteiger partial charge in [-0.25, -0.2) is 4.79 Å². The second-order valence-corrected chi connectivity index (χ2v) is 8.71. The second-order valence-electron chi connectivity index (χ2n) is 8.71. The molecule has 2 aromatic rings. The standard InChI is InChI=1S/C21H22N4O5/c1-21(2)9-13-16(14(26)10-21)15(11-5-7-12(8-6-11)25(29)30)17-18(22-13)23(3)20(28)24(4)19(17)27/h5-8,15,22H,9-10H2,1-4H3. The summed E-state index contributed by atoms with van der Waals surface area (Å²) in [5, 5.41) is 14.3. The number of carbonyl (C=O) groups excluding carboxylic acids is 1. The molecule has 1 unspecified atom stereocenters. The van der Waals surface area contributed by atoms with E-state index in [4.69, 9.17) is 0 Å². The third kappa shape index (κ3) is 2.89. The molecule has 2 heterocycles. The van der Waals surface area contributed by atoms with Crippen molar-refractivity contribution in [2.45, 2.75) is 32.6 Å². The van der Waals surface area contributed by atoms with E-state index in [0.717, 1.165) is 4.57 Å². The van der Waals surface area contributed by atoms with E-state index in [1.807, 2.05) is 13.8 Å². The summed E-state index contributed by atoms with van der Waals surface area (Å²) in [5.41, 5.74) is 0.763. The van der Waals surface area contributed by atoms with Crippen molar-refractivity contribution < 1.29 is 9.72 Å². The van der Waals surface area contributed by atoms with Crippen LogP contribution in [-0.2, 0) is 18.9 Å². The number of nitro groups is 1. The van der Waals surface area contributed by atoms with Crippen LogP contribution in [0, 0.1) is 15.5 Å². The zero-order valence-electron chi connectivity index (χ0n) is 17.2. The number of rotatable bonds is 2. The number of carbonyl (C=O) groups is 1. The van der Waals surface area contributed by atoms with Crippen molar-refractivity contribution in [3.8, 4) is 0 Å². The van der Waals surface area contributed by atoms with Crippen molar-refractivity contribution in [3.63, 3.8) is 0 Å². The Balaban J connectivity index is 2.03. The first-order valence-corrected chi connectivity index (χ1v) is 9.59. The van der Waals surface area contributed by atoms with E-state index in [1.54, 1.807) is 19.2 Å². The van der Waals surface area contributed by atoms with E-state index in [-0.39, 0.29) is 16.9 Å². The van der Waals surface area contributed by atoms with Crippen molar-refractivity contribution >= 4 is 17.3 Å². The van der Waals surface area contributed by atoms with E-state index < -0.39 is 22.1 Å². The molecule has 0 bridgehead atoms. The summed E-state index contributed by atoms with van der Waals surface area (Å²) in [4.78, 5) is 49.4. The van der Waals surface area contributed by atoms with Gasteiger partial charge in [0.05, 0.1) is 10.5 Å². The van der Waals surface area contributed by atoms with Crippen LogP contribution in [0.1, 0.15) is 43.7 Å². The van der Waals surface area contributed by atoms with Gasteiger partial charge < -0.3 is 5.32 Å². The normalized spacial score (nSPS) is 19.7. The molecular weight excluding hydrogens is 388 g/mol. The van der Waals surface area contributed by atoms with Crippen molar-refractivity contribution in [2.24, 2.45) is 19.5 Å². The van der Waals surface area contributed by atoms with E-state index in [1.165, 1.54) is 23.7 Å². The van der Waals surface area contributed by atoms with E-state index in [9.17, 15) is 24.5 Å². The molecule has 1 aromatic heterocycles. The van der Waals surface area contributed by atoms with Gasteiger partial charge in [0.1, 0.15) is 5.82 Å². The molecule has 0 radical (unpaired) electrons. The number of non-ortho nitro benzene ring substituents is 1. The number of allylic oxidation sites excluding steroid dienone is 2. The lowest BCUT2D eigenvalue weighted by Crippen LogP contribution is -2.45. The molecule has 1 aromatic carbocycles. The van der Waals surface area contributed by atoms with Crippen LogP contribution in [0.4, 0.5) is 11.5 Å². The molecular formula is C21H22N4O5. The highest BCUT2D eigenvalue weighted by molar-refractivity contribution is 6.01. The molecule has 30 heavy (non-hydrogen) atoms. The third-order valence-corrected chi connectivity index (χ3v) is 5.90. The van der Waals surface area contributed by atoms with Gasteiger partial charge in [0.2, 0.25) is 0 Å². The molecule has 0 saturated carbocycles. The highest BCUT2D eigenvalue weighted by Gasteiger charge is 2.42. The number of nitro benzene ring substituents is 1. The zero-order valence-corrected chi connectivity index (χ0v) is 17.2. The molecule has 1 aliphatic heterocycles. The van der Waals surface area contributed by atoms with Crippen molar-refractivity contribution in [1.82, 2.24) is 9.13 Å². The van der Waals surface area contributed by atoms with E-state index in [0.29, 0.717) is 41.1 Å². The fraction of sp³-hybridized carbons (Fsp3) is 0.381. The molecule has 2 aliphatic rings. The summed E-state index contributed by atoms with van der Waals surface area (Å²) in [7, 11) is 2.97. The third-order valence-electron chi connectivity index (χ3n) is 5.90. The largest absolute Gasteiger partial charge is 0.344 e. The Bertz CT molecular complexity index is 1250. The van der Waals surface area contributed by atoms with Gasteiger partial charge in [0.25, 0.3) is 11.2 Å². The summed E-state index contributed by atoms with van der Waals surface area (Å²) >= 11 is 0. The molecule has 1 atom stereocenters. The summed E-state index contributed by atoms with van der Waals surface area (Å²) < 4.78 is 2.38. The average molecular weight is 410 g/mol. The Morgan fingerprint density at radius 3 is 2.30 bits per heavy atom. The number of anilines is 1. The summed E-state index contributed by atoms with van der Waals surface area (Å²) in [6, 6.07) is 5.86. The Labute approximate surface area is 171 Å². The molecule has 0 saturated heterocycles. The lowest BCUT2D eigenvalue weighted by molar-refractivity contribution is -0.384. The number of Topliss-reactive ketones (excluding diaryl/α,β-unsaturated/α-hetero) is 1. The quantitative estimate of drug-likeness (QED) is 0.599. The smallest absolute Gasteiger partial charge is 0.332 e. The number of aromatic nitrogens is 2. The van der Waals surface area contributed by atoms with Gasteiger partial charge in [-0.1, -0.05) is 26.0 Å². The van der Waals surface area contributed by atoms with Gasteiger partial charge in [-0.3, -0.25) is 28.8 Å². The van der Waals surface area contributed by atoms with Gasteiger partial charge in [-0.15, -0.1) is 0 Å². The van der Waals surface area contributed by atoms with Crippen LogP contribution in [0.5, 0.6) is 0 Å². The van der Waals surface area contributed by atoms with Crippen LogP contribution in [0.3, 0.4) is 0 Å². The molecule has 9 heteroatoms. The van der Waals surface area contributed by atoms with Crippen LogP contribution >= 0.6 is 0 Å². The van der Waals surface area contributed by atoms with E-state index in [2.05, 4.69) is 5.32 Å². The number of fused-ring (bicyclic) bond motifs is 1. The molecule has 0 amide bonds. The Morgan fingerprint density at radius 2 is 1.70 bits per heavy atom. The lowest BCUT2D eigenvalue weighted by Gasteiger charge is -2.39. The summed E-state index contributed by atoms with van der Waals surface area (Å²) in [6.45, 7) is 3.99. The number of nitrogens with one attached hydrogen (secondary N) is 1. The maximum atomic E-state index is 13.2. The molecule has 9 nitrogen and oxygen atoms in total. The fourth-order valence-electron chi connectivity index (χ4n) is 4.47. The highest BCUT2D eigenvalue weighted by atomic mass is 16.6. The predicted octanol–water partition coefficient (Wildman–Crippen LogP) is 2.19. The summed E-state index contributed by atoms with van der Waals surface area (Å²) in [5.74, 6) is -0.416. The van der Waals surface area contributed by atoms with Crippen LogP contribution in [0.25, 0.3) is 0 Å². The van der Waals surface area contributed by atoms with E-state index >= 15 is 0 Å². The summed E-state index contributed by atoms with van der Waals surface area (Å²) in [6.07, 6.45) is 0.915. The molecule has 4 rings (SSSR count). The first kappa shape index (κ1) is 19.8. The zero-order chi connectivity index (χ0) is 22.0. The Morgan fingerprint density at radius 1 is 1.07 bits per heavy atom. The van der Waals surface area contributed by atoms with Gasteiger partial charge in [-0.05, 0) is 17.4 Å². The number of ketones is 1. The first-order chi connectivity index (χ1) is 14.0. The SMILES string of the molecule is Cn1c2c(c(=O)n(C)c1=O)C(c1ccc([N+](=O)[O-])cc1)C1=C(CC(C)(C)CC1=O)N2. The number of benzene rings is 1. The van der Waals surface area contributed by atoms with Crippen molar-refractivity contribution in [1.29, 1.82) is 0 Å². The average Bonchev–Trinajstić information content (AvgIpc) is 2.68. The van der Waals surface area contributed by atoms with Crippen molar-refractivity contribution in [3.05, 3.63) is 77.6 Å². The van der Waals surface area contributed by atoms with Gasteiger partial charge >= 0.3 is 5.69 Å². The van der Waals surface area contributed by atoms with Crippen LogP contribution in [0.2, 0.25) is 0 Å². The Hall–Kier alpha value is -3.49. The first-order valence-electron chi connectivity index (χ1n) is 9.59. The molecule has 1 N–H and O–H groups in total. The topological polar surface area (TPSA) is 116 Å². The minimum atomic E-state index is -0.703. The predicted molar refractivity (Wildman–Crippen MR) is 111 cm³/mol. The molecule has 156 valence electrons. The maximum absolute atomic E-state index is 13.2.